The van der Waals surface area contributed by atoms with Crippen LogP contribution in [-0.2, 0) is 59.3 Å². The highest BCUT2D eigenvalue weighted by Gasteiger charge is 2.56. The molecule has 1 aliphatic heterocycles. The molecule has 0 N–H and O–H groups in total. The first-order valence-corrected chi connectivity index (χ1v) is 26.8. The molecule has 2 unspecified atom stereocenters. The van der Waals surface area contributed by atoms with Crippen LogP contribution in [0.15, 0.2) is 38.0 Å². The van der Waals surface area contributed by atoms with Crippen LogP contribution in [0.5, 0.6) is 0 Å². The molecule has 0 bridgehead atoms. The fourth-order valence-electron chi connectivity index (χ4n) is 5.35. The first-order valence-electron chi connectivity index (χ1n) is 16.7. The summed E-state index contributed by atoms with van der Waals surface area (Å²) >= 11 is 0. The lowest BCUT2D eigenvalue weighted by atomic mass is 10.5. The summed E-state index contributed by atoms with van der Waals surface area (Å²) in [5.41, 5.74) is 0. The van der Waals surface area contributed by atoms with E-state index in [0.717, 1.165) is 30.7 Å². The van der Waals surface area contributed by atoms with Gasteiger partial charge in [0.05, 0.1) is 19.8 Å². The first kappa shape index (κ1) is 44.2. The van der Waals surface area contributed by atoms with Gasteiger partial charge in [-0.3, -0.25) is 0 Å². The average molecular weight is 751 g/mol. The SMILES string of the molecule is C=CC(=O)OCCOCCC[Si]1(C)O[Si](C)(CCC)O[Si](C)(CCCOCCOC(=O)C=C)O[Si](C)(CCCOCCOC(=O)C=C)O1. The van der Waals surface area contributed by atoms with E-state index in [1.54, 1.807) is 0 Å². The number of carbonyl (C=O) groups excluding carboxylic acids is 3. The van der Waals surface area contributed by atoms with E-state index >= 15 is 0 Å². The van der Waals surface area contributed by atoms with Crippen LogP contribution >= 0.6 is 0 Å². The normalized spacial score (nSPS) is 25.7. The third kappa shape index (κ3) is 19.4. The van der Waals surface area contributed by atoms with E-state index in [1.807, 2.05) is 0 Å². The molecule has 0 saturated carbocycles. The summed E-state index contributed by atoms with van der Waals surface area (Å²) < 4.78 is 60.4. The van der Waals surface area contributed by atoms with Crippen molar-refractivity contribution >= 4 is 52.2 Å². The summed E-state index contributed by atoms with van der Waals surface area (Å²) in [6.45, 7) is 23.4. The predicted octanol–water partition coefficient (Wildman–Crippen LogP) is 5.17. The molecule has 1 saturated heterocycles. The number of esters is 3. The van der Waals surface area contributed by atoms with E-state index in [9.17, 15) is 14.4 Å². The lowest BCUT2D eigenvalue weighted by Gasteiger charge is -2.50. The fourth-order valence-corrected chi connectivity index (χ4v) is 28.7. The third-order valence-corrected chi connectivity index (χ3v) is 26.1. The molecule has 13 nitrogen and oxygen atoms in total. The minimum absolute atomic E-state index is 0.155. The molecule has 0 aliphatic carbocycles. The predicted molar refractivity (Wildman–Crippen MR) is 190 cm³/mol. The van der Waals surface area contributed by atoms with Crippen molar-refractivity contribution in [1.82, 2.24) is 0 Å². The highest BCUT2D eigenvalue weighted by molar-refractivity contribution is 6.93. The van der Waals surface area contributed by atoms with Crippen LogP contribution < -0.4 is 0 Å². The number of hydrogen-bond donors (Lipinski definition) is 0. The minimum Gasteiger partial charge on any atom is -0.460 e. The molecule has 276 valence electrons. The number of carbonyl (C=O) groups is 3. The molecule has 1 aliphatic rings. The molecule has 0 amide bonds. The van der Waals surface area contributed by atoms with E-state index in [2.05, 4.69) is 52.8 Å². The van der Waals surface area contributed by atoms with Crippen molar-refractivity contribution in [2.45, 2.75) is 83.0 Å². The van der Waals surface area contributed by atoms with Crippen molar-refractivity contribution < 1.29 is 59.3 Å². The van der Waals surface area contributed by atoms with Gasteiger partial charge in [-0.05, 0) is 69.6 Å². The molecule has 0 aromatic carbocycles. The van der Waals surface area contributed by atoms with E-state index in [-0.39, 0.29) is 26.4 Å². The Balaban J connectivity index is 2.97. The zero-order valence-corrected chi connectivity index (χ0v) is 33.7. The summed E-state index contributed by atoms with van der Waals surface area (Å²) in [5, 5.41) is 0. The molecular weight excluding hydrogens is 693 g/mol. The summed E-state index contributed by atoms with van der Waals surface area (Å²) in [6, 6.07) is 2.85. The molecule has 17 heteroatoms. The third-order valence-electron chi connectivity index (χ3n) is 7.11. The zero-order chi connectivity index (χ0) is 35.9. The maximum absolute atomic E-state index is 11.3. The monoisotopic (exact) mass is 750 g/mol. The molecule has 48 heavy (non-hydrogen) atoms. The van der Waals surface area contributed by atoms with Gasteiger partial charge in [-0.25, -0.2) is 14.4 Å². The van der Waals surface area contributed by atoms with Crippen LogP contribution in [0.4, 0.5) is 0 Å². The van der Waals surface area contributed by atoms with Gasteiger partial charge in [0.2, 0.25) is 0 Å². The second kappa shape index (κ2) is 23.6. The van der Waals surface area contributed by atoms with Crippen LogP contribution in [-0.4, -0.2) is 112 Å². The lowest BCUT2D eigenvalue weighted by molar-refractivity contribution is -0.140. The zero-order valence-electron chi connectivity index (χ0n) is 29.7. The molecule has 0 aromatic rings. The van der Waals surface area contributed by atoms with E-state index in [4.69, 9.17) is 44.9 Å². The summed E-state index contributed by atoms with van der Waals surface area (Å²) in [7, 11) is -11.2. The van der Waals surface area contributed by atoms with Crippen molar-refractivity contribution in [3.63, 3.8) is 0 Å². The Labute approximate surface area is 291 Å². The number of ether oxygens (including phenoxy) is 6. The molecule has 1 fully saturated rings. The molecule has 1 heterocycles. The lowest BCUT2D eigenvalue weighted by Crippen LogP contribution is -2.67. The molecule has 0 radical (unpaired) electrons. The smallest absolute Gasteiger partial charge is 0.330 e. The van der Waals surface area contributed by atoms with Gasteiger partial charge in [-0.2, -0.15) is 0 Å². The first-order chi connectivity index (χ1) is 22.8. The van der Waals surface area contributed by atoms with Crippen LogP contribution in [0, 0.1) is 0 Å². The van der Waals surface area contributed by atoms with Crippen LogP contribution in [0.1, 0.15) is 32.6 Å². The second-order valence-electron chi connectivity index (χ2n) is 12.0. The molecular formula is C31H58O13Si4. The van der Waals surface area contributed by atoms with E-state index in [1.165, 1.54) is 0 Å². The molecule has 0 aromatic heterocycles. The topological polar surface area (TPSA) is 144 Å². The molecule has 0 spiro atoms. The standard InChI is InChI=1S/C31H58O13Si4/c1-9-25-45(5)41-46(6,26-13-16-35-19-22-38-29(32)10-2)43-48(8,28-15-18-37-21-24-40-31(34)12-4)44-47(7,42-45)27-14-17-36-20-23-39-30(33)11-3/h10-12H,2-4,9,13-28H2,1,5-8H3. The maximum atomic E-state index is 11.3. The Morgan fingerprint density at radius 3 is 1.00 bits per heavy atom. The van der Waals surface area contributed by atoms with Gasteiger partial charge >= 0.3 is 52.2 Å². The van der Waals surface area contributed by atoms with Crippen LogP contribution in [0.3, 0.4) is 0 Å². The van der Waals surface area contributed by atoms with Gasteiger partial charge in [0.25, 0.3) is 0 Å². The highest BCUT2D eigenvalue weighted by atomic mass is 28.5. The Kier molecular flexibility index (Phi) is 21.7. The Morgan fingerprint density at radius 2 is 0.750 bits per heavy atom. The van der Waals surface area contributed by atoms with Crippen LogP contribution in [0.2, 0.25) is 50.4 Å². The Bertz CT molecular complexity index is 965. The number of hydrogen-bond acceptors (Lipinski definition) is 13. The van der Waals surface area contributed by atoms with Crippen molar-refractivity contribution in [1.29, 1.82) is 0 Å². The van der Waals surface area contributed by atoms with Gasteiger partial charge < -0.3 is 44.9 Å². The van der Waals surface area contributed by atoms with Gasteiger partial charge in [0, 0.05) is 38.0 Å². The van der Waals surface area contributed by atoms with Gasteiger partial charge in [-0.1, -0.05) is 33.1 Å². The quantitative estimate of drug-likeness (QED) is 0.0377. The summed E-state index contributed by atoms with van der Waals surface area (Å²) in [4.78, 5) is 33.8. The highest BCUT2D eigenvalue weighted by Crippen LogP contribution is 2.38. The van der Waals surface area contributed by atoms with Crippen molar-refractivity contribution in [2.75, 3.05) is 59.5 Å². The second-order valence-corrected chi connectivity index (χ2v) is 26.3. The maximum Gasteiger partial charge on any atom is 0.330 e. The van der Waals surface area contributed by atoms with Gasteiger partial charge in [-0.15, -0.1) is 0 Å². The molecule has 2 atom stereocenters. The van der Waals surface area contributed by atoms with Gasteiger partial charge in [0.1, 0.15) is 19.8 Å². The molecule has 1 rings (SSSR count). The van der Waals surface area contributed by atoms with E-state index < -0.39 is 52.2 Å². The van der Waals surface area contributed by atoms with E-state index in [0.29, 0.717) is 70.4 Å². The Morgan fingerprint density at radius 1 is 0.479 bits per heavy atom. The average Bonchev–Trinajstić information content (AvgIpc) is 3.01. The Hall–Kier alpha value is -1.78. The fraction of sp³-hybridized carbons (Fsp3) is 0.710. The summed E-state index contributed by atoms with van der Waals surface area (Å²) in [6.07, 6.45) is 6.38. The van der Waals surface area contributed by atoms with Crippen molar-refractivity contribution in [2.24, 2.45) is 0 Å². The van der Waals surface area contributed by atoms with Crippen LogP contribution in [0.25, 0.3) is 0 Å². The van der Waals surface area contributed by atoms with Crippen molar-refractivity contribution in [3.8, 4) is 0 Å². The minimum atomic E-state index is -2.86. The number of rotatable bonds is 26. The van der Waals surface area contributed by atoms with Crippen molar-refractivity contribution in [3.05, 3.63) is 38.0 Å². The van der Waals surface area contributed by atoms with Gasteiger partial charge in [0.15, 0.2) is 0 Å². The summed E-state index contributed by atoms with van der Waals surface area (Å²) in [5.74, 6) is -1.43. The largest absolute Gasteiger partial charge is 0.460 e.